The normalized spacial score (nSPS) is 21.2. The summed E-state index contributed by atoms with van der Waals surface area (Å²) in [5.41, 5.74) is 0. The third-order valence-electron chi connectivity index (χ3n) is 2.49. The Bertz CT molecular complexity index is 469. The Hall–Kier alpha value is -0.980. The van der Waals surface area contributed by atoms with Crippen molar-refractivity contribution < 1.29 is 12.8 Å². The predicted molar refractivity (Wildman–Crippen MR) is 58.0 cm³/mol. The lowest BCUT2D eigenvalue weighted by atomic mass is 10.3. The highest BCUT2D eigenvalue weighted by atomic mass is 32.2. The van der Waals surface area contributed by atoms with Crippen LogP contribution in [-0.2, 0) is 10.0 Å². The Labute approximate surface area is 93.9 Å². The van der Waals surface area contributed by atoms with E-state index in [0.29, 0.717) is 6.54 Å². The molecule has 16 heavy (non-hydrogen) atoms. The van der Waals surface area contributed by atoms with Crippen LogP contribution in [0.15, 0.2) is 29.2 Å². The first-order valence-corrected chi connectivity index (χ1v) is 6.55. The maximum atomic E-state index is 12.9. The SMILES string of the molecule is O=S(=O)(NC1CCNC1)c1cccc(F)c1. The van der Waals surface area contributed by atoms with Crippen molar-refractivity contribution in [1.29, 1.82) is 0 Å². The van der Waals surface area contributed by atoms with Gasteiger partial charge in [-0.15, -0.1) is 0 Å². The number of rotatable bonds is 3. The molecule has 1 aliphatic rings. The molecule has 1 aromatic carbocycles. The average molecular weight is 244 g/mol. The molecule has 6 heteroatoms. The van der Waals surface area contributed by atoms with Crippen molar-refractivity contribution in [2.75, 3.05) is 13.1 Å². The van der Waals surface area contributed by atoms with Crippen molar-refractivity contribution in [3.05, 3.63) is 30.1 Å². The van der Waals surface area contributed by atoms with Crippen LogP contribution >= 0.6 is 0 Å². The summed E-state index contributed by atoms with van der Waals surface area (Å²) in [4.78, 5) is -0.0283. The van der Waals surface area contributed by atoms with Crippen LogP contribution in [0.1, 0.15) is 6.42 Å². The number of halogens is 1. The van der Waals surface area contributed by atoms with E-state index >= 15 is 0 Å². The van der Waals surface area contributed by atoms with E-state index in [1.54, 1.807) is 0 Å². The zero-order chi connectivity index (χ0) is 11.6. The lowest BCUT2D eigenvalue weighted by Gasteiger charge is -2.11. The van der Waals surface area contributed by atoms with Crippen LogP contribution in [0.25, 0.3) is 0 Å². The van der Waals surface area contributed by atoms with Crippen molar-refractivity contribution >= 4 is 10.0 Å². The lowest BCUT2D eigenvalue weighted by molar-refractivity contribution is 0.557. The Morgan fingerprint density at radius 3 is 2.88 bits per heavy atom. The zero-order valence-corrected chi connectivity index (χ0v) is 9.43. The Balaban J connectivity index is 2.18. The largest absolute Gasteiger partial charge is 0.315 e. The molecule has 0 bridgehead atoms. The van der Waals surface area contributed by atoms with Crippen LogP contribution in [0.2, 0.25) is 0 Å². The first-order valence-electron chi connectivity index (χ1n) is 5.06. The van der Waals surface area contributed by atoms with E-state index in [9.17, 15) is 12.8 Å². The minimum atomic E-state index is -3.60. The van der Waals surface area contributed by atoms with E-state index in [2.05, 4.69) is 10.0 Å². The maximum Gasteiger partial charge on any atom is 0.240 e. The molecule has 2 N–H and O–H groups in total. The zero-order valence-electron chi connectivity index (χ0n) is 8.61. The van der Waals surface area contributed by atoms with Crippen molar-refractivity contribution in [3.8, 4) is 0 Å². The summed E-state index contributed by atoms with van der Waals surface area (Å²) >= 11 is 0. The molecule has 4 nitrogen and oxygen atoms in total. The highest BCUT2D eigenvalue weighted by Gasteiger charge is 2.22. The molecule has 1 atom stereocenters. The number of hydrogen-bond donors (Lipinski definition) is 2. The second-order valence-electron chi connectivity index (χ2n) is 3.77. The summed E-state index contributed by atoms with van der Waals surface area (Å²) in [7, 11) is -3.60. The fraction of sp³-hybridized carbons (Fsp3) is 0.400. The molecule has 1 heterocycles. The van der Waals surface area contributed by atoms with Crippen molar-refractivity contribution in [2.24, 2.45) is 0 Å². The van der Waals surface area contributed by atoms with Gasteiger partial charge in [-0.05, 0) is 31.2 Å². The maximum absolute atomic E-state index is 12.9. The van der Waals surface area contributed by atoms with Crippen LogP contribution in [0, 0.1) is 5.82 Å². The second kappa shape index (κ2) is 4.48. The number of benzene rings is 1. The highest BCUT2D eigenvalue weighted by molar-refractivity contribution is 7.89. The van der Waals surface area contributed by atoms with Gasteiger partial charge in [0.25, 0.3) is 0 Å². The van der Waals surface area contributed by atoms with Gasteiger partial charge >= 0.3 is 0 Å². The number of hydrogen-bond acceptors (Lipinski definition) is 3. The highest BCUT2D eigenvalue weighted by Crippen LogP contribution is 2.12. The number of nitrogens with one attached hydrogen (secondary N) is 2. The quantitative estimate of drug-likeness (QED) is 0.812. The van der Waals surface area contributed by atoms with Gasteiger partial charge in [0.05, 0.1) is 4.90 Å². The lowest BCUT2D eigenvalue weighted by Crippen LogP contribution is -2.36. The smallest absolute Gasteiger partial charge is 0.240 e. The first kappa shape index (κ1) is 11.5. The third-order valence-corrected chi connectivity index (χ3v) is 4.01. The monoisotopic (exact) mass is 244 g/mol. The molecule has 0 amide bonds. The average Bonchev–Trinajstić information content (AvgIpc) is 2.70. The summed E-state index contributed by atoms with van der Waals surface area (Å²) in [6.45, 7) is 1.42. The van der Waals surface area contributed by atoms with Gasteiger partial charge in [0.2, 0.25) is 10.0 Å². The van der Waals surface area contributed by atoms with E-state index in [4.69, 9.17) is 0 Å². The Morgan fingerprint density at radius 1 is 1.44 bits per heavy atom. The standard InChI is InChI=1S/C10H13FN2O2S/c11-8-2-1-3-10(6-8)16(14,15)13-9-4-5-12-7-9/h1-3,6,9,12-13H,4-5,7H2. The molecular weight excluding hydrogens is 231 g/mol. The fourth-order valence-corrected chi connectivity index (χ4v) is 2.98. The molecule has 0 aromatic heterocycles. The molecule has 88 valence electrons. The van der Waals surface area contributed by atoms with Gasteiger partial charge in [-0.2, -0.15) is 0 Å². The summed E-state index contributed by atoms with van der Waals surface area (Å²) in [6.07, 6.45) is 0.758. The van der Waals surface area contributed by atoms with Gasteiger partial charge in [0.15, 0.2) is 0 Å². The molecule has 1 aliphatic heterocycles. The minimum Gasteiger partial charge on any atom is -0.315 e. The molecular formula is C10H13FN2O2S. The van der Waals surface area contributed by atoms with Crippen molar-refractivity contribution in [1.82, 2.24) is 10.0 Å². The number of sulfonamides is 1. The van der Waals surface area contributed by atoms with Crippen LogP contribution in [0.5, 0.6) is 0 Å². The Morgan fingerprint density at radius 2 is 2.25 bits per heavy atom. The Kier molecular flexibility index (Phi) is 3.22. The van der Waals surface area contributed by atoms with Crippen LogP contribution in [0.4, 0.5) is 4.39 Å². The van der Waals surface area contributed by atoms with Gasteiger partial charge < -0.3 is 5.32 Å². The molecule has 2 rings (SSSR count). The van der Waals surface area contributed by atoms with Crippen LogP contribution in [-0.4, -0.2) is 27.5 Å². The summed E-state index contributed by atoms with van der Waals surface area (Å²) in [5.74, 6) is -0.549. The topological polar surface area (TPSA) is 58.2 Å². The van der Waals surface area contributed by atoms with Gasteiger partial charge in [-0.1, -0.05) is 6.07 Å². The van der Waals surface area contributed by atoms with Gasteiger partial charge in [-0.25, -0.2) is 17.5 Å². The molecule has 1 saturated heterocycles. The molecule has 1 fully saturated rings. The molecule has 0 saturated carbocycles. The van der Waals surface area contributed by atoms with E-state index < -0.39 is 15.8 Å². The van der Waals surface area contributed by atoms with Crippen molar-refractivity contribution in [3.63, 3.8) is 0 Å². The molecule has 1 aromatic rings. The van der Waals surface area contributed by atoms with Gasteiger partial charge in [0.1, 0.15) is 5.82 Å². The van der Waals surface area contributed by atoms with Crippen LogP contribution < -0.4 is 10.0 Å². The molecule has 1 unspecified atom stereocenters. The van der Waals surface area contributed by atoms with Gasteiger partial charge in [-0.3, -0.25) is 0 Å². The van der Waals surface area contributed by atoms with E-state index in [1.807, 2.05) is 0 Å². The second-order valence-corrected chi connectivity index (χ2v) is 5.48. The summed E-state index contributed by atoms with van der Waals surface area (Å²) in [6, 6.07) is 4.90. The minimum absolute atomic E-state index is 0.0283. The van der Waals surface area contributed by atoms with E-state index in [1.165, 1.54) is 18.2 Å². The van der Waals surface area contributed by atoms with E-state index in [-0.39, 0.29) is 10.9 Å². The fourth-order valence-electron chi connectivity index (χ4n) is 1.68. The van der Waals surface area contributed by atoms with E-state index in [0.717, 1.165) is 19.0 Å². The van der Waals surface area contributed by atoms with Gasteiger partial charge in [0, 0.05) is 12.6 Å². The van der Waals surface area contributed by atoms with Crippen molar-refractivity contribution in [2.45, 2.75) is 17.4 Å². The molecule has 0 spiro atoms. The summed E-state index contributed by atoms with van der Waals surface area (Å²) < 4.78 is 39.1. The van der Waals surface area contributed by atoms with Crippen LogP contribution in [0.3, 0.4) is 0 Å². The molecule has 0 radical (unpaired) electrons. The summed E-state index contributed by atoms with van der Waals surface area (Å²) in [5, 5.41) is 3.06. The first-order chi connectivity index (χ1) is 7.58. The molecule has 0 aliphatic carbocycles. The predicted octanol–water partition coefficient (Wildman–Crippen LogP) is 0.466. The third kappa shape index (κ3) is 2.58.